The molecule has 1 unspecified atom stereocenters. The van der Waals surface area contributed by atoms with E-state index in [-0.39, 0.29) is 17.6 Å². The van der Waals surface area contributed by atoms with Crippen molar-refractivity contribution in [2.24, 2.45) is 11.3 Å². The normalized spacial score (nSPS) is 20.8. The number of nitrogens with zero attached hydrogens (tertiary/aromatic N) is 3. The lowest BCUT2D eigenvalue weighted by molar-refractivity contribution is -0.384. The topological polar surface area (TPSA) is 85.6 Å². The lowest BCUT2D eigenvalue weighted by Crippen LogP contribution is -2.40. The molecule has 0 aliphatic carbocycles. The lowest BCUT2D eigenvalue weighted by Gasteiger charge is -2.31. The molecule has 7 nitrogen and oxygen atoms in total. The largest absolute Gasteiger partial charge is 0.466 e. The molecule has 1 fully saturated rings. The highest BCUT2D eigenvalue weighted by Gasteiger charge is 2.49. The van der Waals surface area contributed by atoms with Crippen LogP contribution in [-0.4, -0.2) is 35.6 Å². The third kappa shape index (κ3) is 3.17. The Kier molecular flexibility index (Phi) is 5.23. The summed E-state index contributed by atoms with van der Waals surface area (Å²) < 4.78 is 5.81. The molecule has 126 valence electrons. The number of carbonyl (C=O) groups excluding carboxylic acids is 1. The van der Waals surface area contributed by atoms with Gasteiger partial charge in [0.05, 0.1) is 21.4 Å². The van der Waals surface area contributed by atoms with Crippen LogP contribution < -0.4 is 4.90 Å². The van der Waals surface area contributed by atoms with Crippen LogP contribution in [0.2, 0.25) is 0 Å². The standard InChI is InChI=1S/C15H20BrN3O4/c1-4-23-14(20)15(10(2)3)5-6-18(9-15)13-11(16)7-17-8-12(13)19(21)22/h7-8,10H,4-6,9H2,1-3H3. The van der Waals surface area contributed by atoms with Crippen molar-refractivity contribution in [3.05, 3.63) is 27.0 Å². The van der Waals surface area contributed by atoms with Gasteiger partial charge in [-0.15, -0.1) is 0 Å². The Bertz CT molecular complexity index is 623. The van der Waals surface area contributed by atoms with Gasteiger partial charge in [-0.25, -0.2) is 0 Å². The van der Waals surface area contributed by atoms with Crippen LogP contribution >= 0.6 is 15.9 Å². The number of aromatic nitrogens is 1. The molecule has 8 heteroatoms. The number of carbonyl (C=O) groups is 1. The minimum absolute atomic E-state index is 0.0669. The summed E-state index contributed by atoms with van der Waals surface area (Å²) in [7, 11) is 0. The Labute approximate surface area is 143 Å². The molecule has 1 aromatic rings. The molecule has 1 saturated heterocycles. The van der Waals surface area contributed by atoms with Crippen LogP contribution in [-0.2, 0) is 9.53 Å². The quantitative estimate of drug-likeness (QED) is 0.439. The van der Waals surface area contributed by atoms with Crippen molar-refractivity contribution >= 4 is 33.3 Å². The molecule has 1 atom stereocenters. The van der Waals surface area contributed by atoms with E-state index in [2.05, 4.69) is 20.9 Å². The molecule has 0 spiro atoms. The van der Waals surface area contributed by atoms with E-state index in [9.17, 15) is 14.9 Å². The minimum Gasteiger partial charge on any atom is -0.466 e. The zero-order chi connectivity index (χ0) is 17.2. The summed E-state index contributed by atoms with van der Waals surface area (Å²) in [4.78, 5) is 29.1. The van der Waals surface area contributed by atoms with Crippen LogP contribution in [0.4, 0.5) is 11.4 Å². The number of hydrogen-bond donors (Lipinski definition) is 0. The summed E-state index contributed by atoms with van der Waals surface area (Å²) in [5.41, 5.74) is -0.244. The molecule has 0 saturated carbocycles. The maximum Gasteiger partial charge on any atom is 0.314 e. The molecule has 1 aliphatic heterocycles. The predicted octanol–water partition coefficient (Wildman–Crippen LogP) is 3.17. The predicted molar refractivity (Wildman–Crippen MR) is 89.3 cm³/mol. The lowest BCUT2D eigenvalue weighted by atomic mass is 9.76. The van der Waals surface area contributed by atoms with Crippen LogP contribution in [0, 0.1) is 21.4 Å². The second-order valence-electron chi connectivity index (χ2n) is 5.95. The molecule has 23 heavy (non-hydrogen) atoms. The van der Waals surface area contributed by atoms with E-state index in [1.54, 1.807) is 6.92 Å². The summed E-state index contributed by atoms with van der Waals surface area (Å²) >= 11 is 3.34. The van der Waals surface area contributed by atoms with Crippen molar-refractivity contribution in [1.82, 2.24) is 4.98 Å². The van der Waals surface area contributed by atoms with Gasteiger partial charge in [-0.2, -0.15) is 0 Å². The monoisotopic (exact) mass is 385 g/mol. The fraction of sp³-hybridized carbons (Fsp3) is 0.600. The van der Waals surface area contributed by atoms with Gasteiger partial charge in [0.2, 0.25) is 0 Å². The third-order valence-corrected chi connectivity index (χ3v) is 5.03. The third-order valence-electron chi connectivity index (χ3n) is 4.45. The van der Waals surface area contributed by atoms with Crippen LogP contribution in [0.25, 0.3) is 0 Å². The fourth-order valence-corrected chi connectivity index (χ4v) is 3.61. The molecule has 0 bridgehead atoms. The first-order valence-electron chi connectivity index (χ1n) is 7.53. The number of pyridine rings is 1. The van der Waals surface area contributed by atoms with E-state index in [0.29, 0.717) is 36.3 Å². The molecule has 1 aliphatic rings. The highest BCUT2D eigenvalue weighted by molar-refractivity contribution is 9.10. The second kappa shape index (κ2) is 6.82. The summed E-state index contributed by atoms with van der Waals surface area (Å²) in [5, 5.41) is 11.3. The van der Waals surface area contributed by atoms with E-state index < -0.39 is 10.3 Å². The summed E-state index contributed by atoms with van der Waals surface area (Å²) in [6.07, 6.45) is 3.37. The van der Waals surface area contributed by atoms with E-state index >= 15 is 0 Å². The molecular weight excluding hydrogens is 366 g/mol. The Morgan fingerprint density at radius 1 is 1.57 bits per heavy atom. The maximum absolute atomic E-state index is 12.5. The number of hydrogen-bond acceptors (Lipinski definition) is 6. The van der Waals surface area contributed by atoms with Crippen molar-refractivity contribution in [2.75, 3.05) is 24.6 Å². The highest BCUT2D eigenvalue weighted by atomic mass is 79.9. The second-order valence-corrected chi connectivity index (χ2v) is 6.80. The maximum atomic E-state index is 12.5. The minimum atomic E-state index is -0.646. The zero-order valence-electron chi connectivity index (χ0n) is 13.4. The first-order chi connectivity index (χ1) is 10.8. The molecule has 0 radical (unpaired) electrons. The van der Waals surface area contributed by atoms with E-state index in [1.807, 2.05) is 18.7 Å². The van der Waals surface area contributed by atoms with Crippen LogP contribution in [0.3, 0.4) is 0 Å². The zero-order valence-corrected chi connectivity index (χ0v) is 15.0. The smallest absolute Gasteiger partial charge is 0.314 e. The molecule has 1 aromatic heterocycles. The number of anilines is 1. The van der Waals surface area contributed by atoms with E-state index in [1.165, 1.54) is 12.4 Å². The van der Waals surface area contributed by atoms with Gasteiger partial charge in [0.25, 0.3) is 0 Å². The molecule has 0 aromatic carbocycles. The molecule has 2 heterocycles. The SMILES string of the molecule is CCOC(=O)C1(C(C)C)CCN(c2c(Br)cncc2[N+](=O)[O-])C1. The van der Waals surface area contributed by atoms with E-state index in [0.717, 1.165) is 0 Å². The van der Waals surface area contributed by atoms with Gasteiger partial charge in [0.15, 0.2) is 0 Å². The number of rotatable bonds is 5. The van der Waals surface area contributed by atoms with Crippen molar-refractivity contribution in [1.29, 1.82) is 0 Å². The fourth-order valence-electron chi connectivity index (χ4n) is 3.04. The highest BCUT2D eigenvalue weighted by Crippen LogP contribution is 2.44. The van der Waals surface area contributed by atoms with Crippen molar-refractivity contribution in [3.8, 4) is 0 Å². The Hall–Kier alpha value is -1.70. The summed E-state index contributed by atoms with van der Waals surface area (Å²) in [6, 6.07) is 0. The number of nitro groups is 1. The van der Waals surface area contributed by atoms with Crippen molar-refractivity contribution < 1.29 is 14.5 Å². The molecule has 0 amide bonds. The molecule has 0 N–H and O–H groups in total. The van der Waals surface area contributed by atoms with Crippen LogP contribution in [0.1, 0.15) is 27.2 Å². The number of esters is 1. The van der Waals surface area contributed by atoms with Crippen molar-refractivity contribution in [3.63, 3.8) is 0 Å². The Morgan fingerprint density at radius 2 is 2.26 bits per heavy atom. The van der Waals surface area contributed by atoms with Crippen molar-refractivity contribution in [2.45, 2.75) is 27.2 Å². The van der Waals surface area contributed by atoms with E-state index in [4.69, 9.17) is 4.74 Å². The number of halogens is 1. The molecular formula is C15H20BrN3O4. The Balaban J connectivity index is 2.39. The molecule has 2 rings (SSSR count). The van der Waals surface area contributed by atoms with Gasteiger partial charge in [0, 0.05) is 19.3 Å². The van der Waals surface area contributed by atoms with Gasteiger partial charge in [-0.1, -0.05) is 13.8 Å². The Morgan fingerprint density at radius 3 is 2.83 bits per heavy atom. The number of ether oxygens (including phenoxy) is 1. The van der Waals surface area contributed by atoms with Gasteiger partial charge >= 0.3 is 11.7 Å². The van der Waals surface area contributed by atoms with Gasteiger partial charge < -0.3 is 9.64 Å². The average Bonchev–Trinajstić information content (AvgIpc) is 2.93. The first kappa shape index (κ1) is 17.7. The van der Waals surface area contributed by atoms with Crippen LogP contribution in [0.5, 0.6) is 0 Å². The van der Waals surface area contributed by atoms with Gasteiger partial charge in [-0.3, -0.25) is 19.9 Å². The van der Waals surface area contributed by atoms with Gasteiger partial charge in [-0.05, 0) is 35.2 Å². The average molecular weight is 386 g/mol. The summed E-state index contributed by atoms with van der Waals surface area (Å²) in [6.45, 7) is 7.02. The van der Waals surface area contributed by atoms with Gasteiger partial charge in [0.1, 0.15) is 11.9 Å². The summed E-state index contributed by atoms with van der Waals surface area (Å²) in [5.74, 6) is -0.156. The van der Waals surface area contributed by atoms with Crippen LogP contribution in [0.15, 0.2) is 16.9 Å². The first-order valence-corrected chi connectivity index (χ1v) is 8.33.